The van der Waals surface area contributed by atoms with Crippen molar-refractivity contribution in [2.45, 2.75) is 31.2 Å². The molecule has 2 aliphatic rings. The zero-order valence-electron chi connectivity index (χ0n) is 17.0. The molecule has 0 radical (unpaired) electrons. The molecule has 11 heteroatoms. The van der Waals surface area contributed by atoms with Gasteiger partial charge in [-0.25, -0.2) is 24.3 Å². The second-order valence-corrected chi connectivity index (χ2v) is 7.99. The molecular weight excluding hydrogens is 442 g/mol. The van der Waals surface area contributed by atoms with Gasteiger partial charge in [0, 0.05) is 24.5 Å². The Kier molecular flexibility index (Phi) is 5.18. The number of carbonyl (C=O) groups excluding carboxylic acids is 1. The first kappa shape index (κ1) is 21.2. The smallest absolute Gasteiger partial charge is 0.434 e. The Balaban J connectivity index is 1.38. The second-order valence-electron chi connectivity index (χ2n) is 7.99. The van der Waals surface area contributed by atoms with Crippen LogP contribution in [0.25, 0.3) is 11.4 Å². The van der Waals surface area contributed by atoms with Crippen LogP contribution in [0.15, 0.2) is 49.1 Å². The Morgan fingerprint density at radius 2 is 1.82 bits per heavy atom. The molecule has 5 rings (SSSR count). The molecule has 7 nitrogen and oxygen atoms in total. The van der Waals surface area contributed by atoms with Crippen molar-refractivity contribution in [2.24, 2.45) is 5.92 Å². The molecule has 1 saturated carbocycles. The van der Waals surface area contributed by atoms with E-state index >= 15 is 0 Å². The van der Waals surface area contributed by atoms with E-state index in [1.54, 1.807) is 17.0 Å². The molecule has 2 aromatic heterocycles. The summed E-state index contributed by atoms with van der Waals surface area (Å²) in [6.45, 7) is 0.436. The fourth-order valence-corrected chi connectivity index (χ4v) is 4.51. The summed E-state index contributed by atoms with van der Waals surface area (Å²) in [4.78, 5) is 30.3. The zero-order chi connectivity index (χ0) is 23.2. The maximum absolute atomic E-state index is 14.8. The number of fused-ring (bicyclic) bond motifs is 2. The summed E-state index contributed by atoms with van der Waals surface area (Å²) in [5.41, 5.74) is -0.950. The van der Waals surface area contributed by atoms with E-state index in [0.717, 1.165) is 6.20 Å². The highest BCUT2D eigenvalue weighted by Gasteiger charge is 2.49. The van der Waals surface area contributed by atoms with Crippen molar-refractivity contribution in [2.75, 3.05) is 6.54 Å². The molecule has 33 heavy (non-hydrogen) atoms. The number of amides is 1. The highest BCUT2D eigenvalue weighted by molar-refractivity contribution is 6.00. The van der Waals surface area contributed by atoms with Crippen LogP contribution in [0.2, 0.25) is 0 Å². The number of hydrogen-bond acceptors (Lipinski definition) is 6. The molecule has 3 heterocycles. The lowest BCUT2D eigenvalue weighted by Gasteiger charge is -2.33. The van der Waals surface area contributed by atoms with Gasteiger partial charge < -0.3 is 9.64 Å². The molecular formula is C22H17F4N5O2. The van der Waals surface area contributed by atoms with Gasteiger partial charge in [-0.05, 0) is 30.9 Å². The van der Waals surface area contributed by atoms with Crippen molar-refractivity contribution < 1.29 is 27.1 Å². The van der Waals surface area contributed by atoms with E-state index in [0.29, 0.717) is 25.6 Å². The number of piperidine rings is 1. The molecule has 1 aliphatic heterocycles. The monoisotopic (exact) mass is 459 g/mol. The molecule has 3 atom stereocenters. The molecule has 3 aromatic rings. The van der Waals surface area contributed by atoms with Gasteiger partial charge in [0.05, 0.1) is 24.0 Å². The van der Waals surface area contributed by atoms with Crippen LogP contribution in [0.1, 0.15) is 28.9 Å². The van der Waals surface area contributed by atoms with E-state index in [1.165, 1.54) is 24.5 Å². The minimum Gasteiger partial charge on any atom is -0.471 e. The average molecular weight is 459 g/mol. The Morgan fingerprint density at radius 3 is 2.48 bits per heavy atom. The summed E-state index contributed by atoms with van der Waals surface area (Å²) in [5, 5.41) is 0. The Morgan fingerprint density at radius 1 is 1.03 bits per heavy atom. The van der Waals surface area contributed by atoms with Crippen molar-refractivity contribution in [3.63, 3.8) is 0 Å². The van der Waals surface area contributed by atoms with Crippen LogP contribution in [0, 0.1) is 11.7 Å². The predicted molar refractivity (Wildman–Crippen MR) is 106 cm³/mol. The third-order valence-electron chi connectivity index (χ3n) is 5.91. The lowest BCUT2D eigenvalue weighted by Crippen LogP contribution is -2.47. The standard InChI is InChI=1S/C22H17F4N5O2/c23-14-4-1-3-13(20-27-5-2-6-28-20)19(14)21(32)31-11-12-7-15(31)16(8-12)33-18-10-29-17(9-30-18)22(24,25)26/h1-6,9-10,12,15-16H,7-8,11H2. The number of rotatable bonds is 4. The first-order valence-corrected chi connectivity index (χ1v) is 10.2. The van der Waals surface area contributed by atoms with Gasteiger partial charge in [0.2, 0.25) is 5.88 Å². The first-order chi connectivity index (χ1) is 15.8. The number of aromatic nitrogens is 4. The van der Waals surface area contributed by atoms with Gasteiger partial charge in [-0.1, -0.05) is 12.1 Å². The molecule has 1 aliphatic carbocycles. The van der Waals surface area contributed by atoms with Crippen LogP contribution in [0.3, 0.4) is 0 Å². The fraction of sp³-hybridized carbons (Fsp3) is 0.318. The average Bonchev–Trinajstić information content (AvgIpc) is 3.39. The van der Waals surface area contributed by atoms with Crippen molar-refractivity contribution in [1.29, 1.82) is 0 Å². The summed E-state index contributed by atoms with van der Waals surface area (Å²) in [5.74, 6) is -0.877. The molecule has 0 N–H and O–H groups in total. The third kappa shape index (κ3) is 3.98. The molecule has 0 spiro atoms. The van der Waals surface area contributed by atoms with E-state index in [1.807, 2.05) is 0 Å². The Labute approximate surface area is 185 Å². The van der Waals surface area contributed by atoms with Crippen LogP contribution in [0.4, 0.5) is 17.6 Å². The Bertz CT molecular complexity index is 1170. The minimum atomic E-state index is -4.60. The summed E-state index contributed by atoms with van der Waals surface area (Å²) in [6.07, 6.45) is 0.726. The number of hydrogen-bond donors (Lipinski definition) is 0. The van der Waals surface area contributed by atoms with Gasteiger partial charge in [-0.2, -0.15) is 13.2 Å². The molecule has 2 bridgehead atoms. The van der Waals surface area contributed by atoms with Crippen LogP contribution in [-0.2, 0) is 6.18 Å². The SMILES string of the molecule is O=C(c1c(F)cccc1-c1ncccn1)N1CC2CC(Oc3cnc(C(F)(F)F)cn3)C1C2. The van der Waals surface area contributed by atoms with E-state index in [2.05, 4.69) is 19.9 Å². The maximum atomic E-state index is 14.8. The highest BCUT2D eigenvalue weighted by atomic mass is 19.4. The second kappa shape index (κ2) is 8.05. The number of ether oxygens (including phenoxy) is 1. The van der Waals surface area contributed by atoms with Crippen molar-refractivity contribution in [3.8, 4) is 17.3 Å². The molecule has 3 unspecified atom stereocenters. The summed E-state index contributed by atoms with van der Waals surface area (Å²) in [7, 11) is 0. The number of nitrogens with zero attached hydrogens (tertiary/aromatic N) is 5. The van der Waals surface area contributed by atoms with E-state index in [4.69, 9.17) is 4.74 Å². The van der Waals surface area contributed by atoms with Gasteiger partial charge >= 0.3 is 6.18 Å². The van der Waals surface area contributed by atoms with E-state index < -0.39 is 29.7 Å². The molecule has 170 valence electrons. The van der Waals surface area contributed by atoms with Crippen LogP contribution in [-0.4, -0.2) is 49.4 Å². The summed E-state index contributed by atoms with van der Waals surface area (Å²) < 4.78 is 58.7. The zero-order valence-corrected chi connectivity index (χ0v) is 17.0. The van der Waals surface area contributed by atoms with Crippen LogP contribution >= 0.6 is 0 Å². The van der Waals surface area contributed by atoms with E-state index in [9.17, 15) is 22.4 Å². The lowest BCUT2D eigenvalue weighted by molar-refractivity contribution is -0.141. The van der Waals surface area contributed by atoms with Crippen molar-refractivity contribution >= 4 is 5.91 Å². The largest absolute Gasteiger partial charge is 0.471 e. The fourth-order valence-electron chi connectivity index (χ4n) is 4.51. The van der Waals surface area contributed by atoms with Crippen molar-refractivity contribution in [3.05, 3.63) is 66.1 Å². The molecule has 1 saturated heterocycles. The van der Waals surface area contributed by atoms with Gasteiger partial charge in [-0.15, -0.1) is 0 Å². The number of halogens is 4. The van der Waals surface area contributed by atoms with Crippen LogP contribution in [0.5, 0.6) is 5.88 Å². The third-order valence-corrected chi connectivity index (χ3v) is 5.91. The summed E-state index contributed by atoms with van der Waals surface area (Å²) >= 11 is 0. The number of carbonyl (C=O) groups is 1. The minimum absolute atomic E-state index is 0.0581. The van der Waals surface area contributed by atoms with Gasteiger partial charge in [0.1, 0.15) is 11.9 Å². The van der Waals surface area contributed by atoms with Gasteiger partial charge in [0.15, 0.2) is 11.5 Å². The highest BCUT2D eigenvalue weighted by Crippen LogP contribution is 2.41. The van der Waals surface area contributed by atoms with Gasteiger partial charge in [-0.3, -0.25) is 4.79 Å². The van der Waals surface area contributed by atoms with Crippen LogP contribution < -0.4 is 4.74 Å². The predicted octanol–water partition coefficient (Wildman–Crippen LogP) is 3.77. The first-order valence-electron chi connectivity index (χ1n) is 10.2. The number of likely N-dealkylation sites (tertiary alicyclic amines) is 1. The molecule has 1 aromatic carbocycles. The lowest BCUT2D eigenvalue weighted by atomic mass is 10.0. The molecule has 1 amide bonds. The number of alkyl halides is 3. The van der Waals surface area contributed by atoms with E-state index in [-0.39, 0.29) is 34.8 Å². The summed E-state index contributed by atoms with van der Waals surface area (Å²) in [6, 6.07) is 5.54. The maximum Gasteiger partial charge on any atom is 0.434 e. The topological polar surface area (TPSA) is 81.1 Å². The molecule has 2 fully saturated rings. The van der Waals surface area contributed by atoms with Gasteiger partial charge in [0.25, 0.3) is 5.91 Å². The normalized spacial score (nSPS) is 21.9. The number of benzene rings is 1. The Hall–Kier alpha value is -3.63. The quantitative estimate of drug-likeness (QED) is 0.553. The van der Waals surface area contributed by atoms with Crippen molar-refractivity contribution in [1.82, 2.24) is 24.8 Å².